The quantitative estimate of drug-likeness (QED) is 0.902. The minimum absolute atomic E-state index is 0.163. The molecule has 2 rings (SSSR count). The second kappa shape index (κ2) is 5.73. The van der Waals surface area contributed by atoms with E-state index in [0.717, 1.165) is 11.6 Å². The Kier molecular flexibility index (Phi) is 4.03. The predicted molar refractivity (Wildman–Crippen MR) is 65.1 cm³/mol. The Bertz CT molecular complexity index is 555. The van der Waals surface area contributed by atoms with Gasteiger partial charge in [-0.3, -0.25) is 0 Å². The van der Waals surface area contributed by atoms with Crippen LogP contribution in [0.2, 0.25) is 5.02 Å². The molecule has 7 heteroatoms. The lowest BCUT2D eigenvalue weighted by atomic mass is 10.0. The molecule has 0 fully saturated rings. The summed E-state index contributed by atoms with van der Waals surface area (Å²) in [6.45, 7) is 0. The maximum absolute atomic E-state index is 11.5. The summed E-state index contributed by atoms with van der Waals surface area (Å²) in [5, 5.41) is 0.420. The first-order valence-electron chi connectivity index (χ1n) is 5.30. The molecule has 0 spiro atoms. The number of rotatable bonds is 3. The molecule has 1 aromatic carbocycles. The molecule has 19 heavy (non-hydrogen) atoms. The fraction of sp³-hybridized carbons (Fsp3) is 0.167. The summed E-state index contributed by atoms with van der Waals surface area (Å²) in [5.41, 5.74) is 2.70. The van der Waals surface area contributed by atoms with Gasteiger partial charge in [0.15, 0.2) is 0 Å². The van der Waals surface area contributed by atoms with E-state index in [1.807, 2.05) is 0 Å². The minimum Gasteiger partial charge on any atom is -0.495 e. The van der Waals surface area contributed by atoms with Gasteiger partial charge in [-0.15, -0.1) is 0 Å². The monoisotopic (exact) mass is 283 g/mol. The molecule has 1 heterocycles. The number of halogens is 1. The SMILES string of the molecule is COc1ccc(CC2=CC(=O)ONOC2=O)cc1Cl. The first-order chi connectivity index (χ1) is 9.10. The average molecular weight is 284 g/mol. The van der Waals surface area contributed by atoms with Crippen LogP contribution in [-0.2, 0) is 25.7 Å². The lowest BCUT2D eigenvalue weighted by molar-refractivity contribution is -0.189. The third kappa shape index (κ3) is 3.24. The molecule has 0 saturated heterocycles. The van der Waals surface area contributed by atoms with Crippen molar-refractivity contribution in [3.05, 3.63) is 40.4 Å². The first kappa shape index (κ1) is 13.4. The highest BCUT2D eigenvalue weighted by molar-refractivity contribution is 6.32. The van der Waals surface area contributed by atoms with Crippen molar-refractivity contribution in [1.29, 1.82) is 0 Å². The van der Waals surface area contributed by atoms with E-state index in [4.69, 9.17) is 16.3 Å². The highest BCUT2D eigenvalue weighted by Gasteiger charge is 2.19. The van der Waals surface area contributed by atoms with Crippen LogP contribution in [0.5, 0.6) is 5.75 Å². The zero-order chi connectivity index (χ0) is 13.8. The van der Waals surface area contributed by atoms with E-state index in [0.29, 0.717) is 10.8 Å². The molecule has 1 aliphatic heterocycles. The Morgan fingerprint density at radius 2 is 2.11 bits per heavy atom. The normalized spacial score (nSPS) is 15.2. The molecule has 0 saturated carbocycles. The molecule has 1 aliphatic rings. The van der Waals surface area contributed by atoms with Crippen molar-refractivity contribution < 1.29 is 24.0 Å². The average Bonchev–Trinajstić information content (AvgIpc) is 2.52. The van der Waals surface area contributed by atoms with Crippen LogP contribution in [0.15, 0.2) is 29.8 Å². The number of methoxy groups -OCH3 is 1. The molecule has 1 aromatic rings. The lowest BCUT2D eigenvalue weighted by Gasteiger charge is -2.06. The number of carbonyl (C=O) groups excluding carboxylic acids is 2. The zero-order valence-electron chi connectivity index (χ0n) is 9.94. The van der Waals surface area contributed by atoms with E-state index in [9.17, 15) is 9.59 Å². The van der Waals surface area contributed by atoms with Crippen LogP contribution in [0, 0.1) is 0 Å². The molecule has 1 N–H and O–H groups in total. The summed E-state index contributed by atoms with van der Waals surface area (Å²) in [4.78, 5) is 31.5. The van der Waals surface area contributed by atoms with Crippen molar-refractivity contribution in [3.63, 3.8) is 0 Å². The third-order valence-corrected chi connectivity index (χ3v) is 2.74. The fourth-order valence-electron chi connectivity index (χ4n) is 1.56. The van der Waals surface area contributed by atoms with Crippen molar-refractivity contribution in [3.8, 4) is 5.75 Å². The Labute approximate surface area is 113 Å². The standard InChI is InChI=1S/C12H10ClNO5/c1-17-10-3-2-7(5-9(10)13)4-8-6-11(15)18-14-19-12(8)16/h2-3,5-6,14H,4H2,1H3. The molecule has 0 radical (unpaired) electrons. The van der Waals surface area contributed by atoms with Crippen molar-refractivity contribution >= 4 is 23.5 Å². The number of benzene rings is 1. The second-order valence-corrected chi connectivity index (χ2v) is 4.12. The third-order valence-electron chi connectivity index (χ3n) is 2.44. The summed E-state index contributed by atoms with van der Waals surface area (Å²) in [6, 6.07) is 5.07. The molecule has 0 atom stereocenters. The van der Waals surface area contributed by atoms with Crippen LogP contribution in [0.25, 0.3) is 0 Å². The predicted octanol–water partition coefficient (Wildman–Crippen LogP) is 1.34. The van der Waals surface area contributed by atoms with E-state index in [-0.39, 0.29) is 12.0 Å². The van der Waals surface area contributed by atoms with E-state index in [1.54, 1.807) is 23.8 Å². The van der Waals surface area contributed by atoms with Crippen molar-refractivity contribution in [2.45, 2.75) is 6.42 Å². The number of ether oxygens (including phenoxy) is 1. The van der Waals surface area contributed by atoms with Gasteiger partial charge in [-0.25, -0.2) is 9.59 Å². The van der Waals surface area contributed by atoms with Crippen molar-refractivity contribution in [2.75, 3.05) is 7.11 Å². The first-order valence-corrected chi connectivity index (χ1v) is 5.68. The highest BCUT2D eigenvalue weighted by atomic mass is 35.5. The molecular formula is C12H10ClNO5. The minimum atomic E-state index is -0.708. The van der Waals surface area contributed by atoms with E-state index >= 15 is 0 Å². The molecule has 100 valence electrons. The van der Waals surface area contributed by atoms with Crippen molar-refractivity contribution in [2.24, 2.45) is 0 Å². The van der Waals surface area contributed by atoms with Crippen LogP contribution in [0.4, 0.5) is 0 Å². The van der Waals surface area contributed by atoms with Gasteiger partial charge in [0, 0.05) is 18.1 Å². The van der Waals surface area contributed by atoms with Gasteiger partial charge in [0.05, 0.1) is 17.7 Å². The topological polar surface area (TPSA) is 73.9 Å². The summed E-state index contributed by atoms with van der Waals surface area (Å²) in [5.74, 6) is -0.859. The van der Waals surface area contributed by atoms with Gasteiger partial charge < -0.3 is 14.4 Å². The second-order valence-electron chi connectivity index (χ2n) is 3.71. The Morgan fingerprint density at radius 3 is 2.79 bits per heavy atom. The molecule has 6 nitrogen and oxygen atoms in total. The number of nitrogens with one attached hydrogen (secondary N) is 1. The number of hydrogen-bond acceptors (Lipinski definition) is 6. The molecule has 0 aromatic heterocycles. The highest BCUT2D eigenvalue weighted by Crippen LogP contribution is 2.26. The fourth-order valence-corrected chi connectivity index (χ4v) is 1.84. The van der Waals surface area contributed by atoms with Gasteiger partial charge in [-0.2, -0.15) is 0 Å². The van der Waals surface area contributed by atoms with Crippen LogP contribution in [0.1, 0.15) is 5.56 Å². The molecule has 0 unspecified atom stereocenters. The van der Waals surface area contributed by atoms with Crippen LogP contribution in [0.3, 0.4) is 0 Å². The Hall–Kier alpha value is -2.05. The van der Waals surface area contributed by atoms with Crippen LogP contribution < -0.4 is 10.4 Å². The molecular weight excluding hydrogens is 274 g/mol. The summed E-state index contributed by atoms with van der Waals surface area (Å²) < 4.78 is 5.03. The molecule has 0 aliphatic carbocycles. The van der Waals surface area contributed by atoms with Gasteiger partial charge in [0.1, 0.15) is 5.75 Å². The van der Waals surface area contributed by atoms with Gasteiger partial charge in [-0.05, 0) is 17.7 Å². The largest absolute Gasteiger partial charge is 0.495 e. The number of carbonyl (C=O) groups is 2. The Morgan fingerprint density at radius 1 is 1.32 bits per heavy atom. The maximum atomic E-state index is 11.5. The van der Waals surface area contributed by atoms with E-state index in [1.165, 1.54) is 7.11 Å². The summed E-state index contributed by atoms with van der Waals surface area (Å²) in [6.07, 6.45) is 1.26. The van der Waals surface area contributed by atoms with Gasteiger partial charge in [0.25, 0.3) is 0 Å². The Balaban J connectivity index is 2.22. The van der Waals surface area contributed by atoms with Gasteiger partial charge in [0.2, 0.25) is 0 Å². The van der Waals surface area contributed by atoms with Gasteiger partial charge in [-0.1, -0.05) is 17.7 Å². The lowest BCUT2D eigenvalue weighted by Crippen LogP contribution is -2.20. The van der Waals surface area contributed by atoms with Crippen molar-refractivity contribution in [1.82, 2.24) is 5.64 Å². The molecule has 0 bridgehead atoms. The van der Waals surface area contributed by atoms with Crippen LogP contribution in [-0.4, -0.2) is 19.0 Å². The molecule has 0 amide bonds. The maximum Gasteiger partial charge on any atom is 0.356 e. The van der Waals surface area contributed by atoms with E-state index in [2.05, 4.69) is 9.68 Å². The number of hydrogen-bond donors (Lipinski definition) is 1. The summed E-state index contributed by atoms with van der Waals surface area (Å²) >= 11 is 5.98. The van der Waals surface area contributed by atoms with Crippen LogP contribution >= 0.6 is 11.6 Å². The van der Waals surface area contributed by atoms with E-state index < -0.39 is 11.9 Å². The summed E-state index contributed by atoms with van der Waals surface area (Å²) in [7, 11) is 1.51. The zero-order valence-corrected chi connectivity index (χ0v) is 10.7. The van der Waals surface area contributed by atoms with Gasteiger partial charge >= 0.3 is 11.9 Å². The smallest absolute Gasteiger partial charge is 0.356 e.